The summed E-state index contributed by atoms with van der Waals surface area (Å²) in [5, 5.41) is 11.5. The van der Waals surface area contributed by atoms with Gasteiger partial charge in [0.15, 0.2) is 0 Å². The van der Waals surface area contributed by atoms with Crippen LogP contribution in [0.3, 0.4) is 0 Å². The Morgan fingerprint density at radius 1 is 1.46 bits per heavy atom. The third kappa shape index (κ3) is 5.87. The first-order valence-electron chi connectivity index (χ1n) is 4.03. The van der Waals surface area contributed by atoms with Gasteiger partial charge in [0, 0.05) is 17.9 Å². The molecule has 0 aromatic heterocycles. The third-order valence-electron chi connectivity index (χ3n) is 1.33. The normalized spacial score (nSPS) is 8.54. The summed E-state index contributed by atoms with van der Waals surface area (Å²) in [4.78, 5) is 0. The molecule has 1 rings (SSSR count). The SMILES string of the molecule is Nc1cccc(NCCO)c1.[CH3][Pb]. The Bertz CT molecular complexity index is 231. The number of aliphatic hydroxyl groups excluding tert-OH is 1. The van der Waals surface area contributed by atoms with E-state index in [-0.39, 0.29) is 6.61 Å². The van der Waals surface area contributed by atoms with Crippen LogP contribution in [-0.2, 0) is 0 Å². The predicted octanol–water partition coefficient (Wildman–Crippen LogP) is 0.876. The van der Waals surface area contributed by atoms with E-state index in [9.17, 15) is 0 Å². The van der Waals surface area contributed by atoms with Crippen LogP contribution in [0.15, 0.2) is 24.3 Å². The number of aliphatic hydroxyl groups is 1. The number of rotatable bonds is 3. The number of nitrogen functional groups attached to an aromatic ring is 1. The minimum absolute atomic E-state index is 0.134. The molecule has 0 saturated carbocycles. The average Bonchev–Trinajstić information content (AvgIpc) is 2.18. The maximum absolute atomic E-state index is 8.50. The summed E-state index contributed by atoms with van der Waals surface area (Å²) in [5.41, 5.74) is 7.20. The fourth-order valence-electron chi connectivity index (χ4n) is 0.849. The molecule has 0 heterocycles. The number of anilines is 2. The molecular weight excluding hydrogens is 359 g/mol. The molecule has 3 nitrogen and oxygen atoms in total. The summed E-state index contributed by atoms with van der Waals surface area (Å²) in [6.07, 6.45) is 0. The van der Waals surface area contributed by atoms with Gasteiger partial charge in [-0.3, -0.25) is 0 Å². The van der Waals surface area contributed by atoms with Crippen LogP contribution in [0.2, 0.25) is 4.48 Å². The Morgan fingerprint density at radius 2 is 2.15 bits per heavy atom. The maximum atomic E-state index is 8.50. The van der Waals surface area contributed by atoms with Crippen LogP contribution in [0, 0.1) is 0 Å². The van der Waals surface area contributed by atoms with Gasteiger partial charge in [0.2, 0.25) is 0 Å². The van der Waals surface area contributed by atoms with Crippen molar-refractivity contribution in [2.24, 2.45) is 0 Å². The van der Waals surface area contributed by atoms with Crippen molar-refractivity contribution in [2.75, 3.05) is 24.2 Å². The third-order valence-corrected chi connectivity index (χ3v) is 1.33. The zero-order valence-corrected chi connectivity index (χ0v) is 11.6. The molecule has 0 spiro atoms. The van der Waals surface area contributed by atoms with E-state index in [4.69, 9.17) is 10.8 Å². The van der Waals surface area contributed by atoms with E-state index < -0.39 is 0 Å². The molecule has 0 fully saturated rings. The zero-order valence-electron chi connectivity index (χ0n) is 7.75. The van der Waals surface area contributed by atoms with Gasteiger partial charge in [-0.15, -0.1) is 0 Å². The van der Waals surface area contributed by atoms with Gasteiger partial charge in [-0.2, -0.15) is 0 Å². The van der Waals surface area contributed by atoms with Crippen LogP contribution in [0.4, 0.5) is 11.4 Å². The van der Waals surface area contributed by atoms with Gasteiger partial charge in [0.1, 0.15) is 0 Å². The molecule has 1 aromatic rings. The van der Waals surface area contributed by atoms with Crippen LogP contribution in [-0.4, -0.2) is 44.0 Å². The summed E-state index contributed by atoms with van der Waals surface area (Å²) in [6.45, 7) is 0.693. The summed E-state index contributed by atoms with van der Waals surface area (Å²) < 4.78 is 2.14. The van der Waals surface area contributed by atoms with Gasteiger partial charge in [-0.25, -0.2) is 0 Å². The Morgan fingerprint density at radius 3 is 2.69 bits per heavy atom. The van der Waals surface area contributed by atoms with E-state index in [1.54, 1.807) is 0 Å². The molecule has 0 saturated heterocycles. The quantitative estimate of drug-likeness (QED) is 0.544. The molecule has 13 heavy (non-hydrogen) atoms. The molecule has 71 valence electrons. The second kappa shape index (κ2) is 8.31. The van der Waals surface area contributed by atoms with Crippen molar-refractivity contribution in [1.29, 1.82) is 0 Å². The van der Waals surface area contributed by atoms with Gasteiger partial charge >= 0.3 is 30.3 Å². The van der Waals surface area contributed by atoms with Gasteiger partial charge < -0.3 is 16.2 Å². The van der Waals surface area contributed by atoms with Gasteiger partial charge in [0.25, 0.3) is 0 Å². The fourth-order valence-corrected chi connectivity index (χ4v) is 0.849. The van der Waals surface area contributed by atoms with E-state index in [2.05, 4.69) is 9.80 Å². The predicted molar refractivity (Wildman–Crippen MR) is 58.0 cm³/mol. The zero-order chi connectivity index (χ0) is 10.1. The van der Waals surface area contributed by atoms with Crippen molar-refractivity contribution >= 4 is 37.1 Å². The van der Waals surface area contributed by atoms with Crippen LogP contribution < -0.4 is 11.1 Å². The fraction of sp³-hybridized carbons (Fsp3) is 0.333. The number of nitrogens with one attached hydrogen (secondary N) is 1. The van der Waals surface area contributed by atoms with Crippen molar-refractivity contribution in [3.63, 3.8) is 0 Å². The Kier molecular flexibility index (Phi) is 8.12. The molecule has 0 aliphatic carbocycles. The van der Waals surface area contributed by atoms with Crippen LogP contribution in [0.1, 0.15) is 0 Å². The Balaban J connectivity index is 0.000000671. The summed E-state index contributed by atoms with van der Waals surface area (Å²) in [7, 11) is 0. The molecule has 1 aromatic carbocycles. The molecule has 0 amide bonds. The molecule has 0 aliphatic heterocycles. The topological polar surface area (TPSA) is 58.3 Å². The van der Waals surface area contributed by atoms with Crippen LogP contribution in [0.5, 0.6) is 0 Å². The Hall–Kier alpha value is -0.298. The van der Waals surface area contributed by atoms with Gasteiger partial charge in [-0.1, -0.05) is 6.07 Å². The van der Waals surface area contributed by atoms with Crippen molar-refractivity contribution in [3.05, 3.63) is 24.3 Å². The number of nitrogens with two attached hydrogens (primary N) is 1. The minimum atomic E-state index is 0.134. The van der Waals surface area contributed by atoms with Crippen molar-refractivity contribution in [1.82, 2.24) is 0 Å². The standard InChI is InChI=1S/C8H12N2O.CH3.Pb/c9-7-2-1-3-8(6-7)10-4-5-11;;/h1-3,6,10-11H,4-5,9H2;1H3;. The van der Waals surface area contributed by atoms with Crippen LogP contribution in [0.25, 0.3) is 0 Å². The molecule has 3 radical (unpaired) electrons. The monoisotopic (exact) mass is 375 g/mol. The summed E-state index contributed by atoms with van der Waals surface area (Å²) in [6, 6.07) is 7.43. The Labute approximate surface area is 95.0 Å². The van der Waals surface area contributed by atoms with E-state index in [0.717, 1.165) is 11.4 Å². The molecule has 4 heteroatoms. The van der Waals surface area contributed by atoms with E-state index >= 15 is 0 Å². The van der Waals surface area contributed by atoms with Crippen molar-refractivity contribution in [3.8, 4) is 0 Å². The first-order valence-corrected chi connectivity index (χ1v) is 7.92. The summed E-state index contributed by atoms with van der Waals surface area (Å²) in [5.74, 6) is 0. The van der Waals surface area contributed by atoms with Crippen molar-refractivity contribution in [2.45, 2.75) is 4.48 Å². The first-order chi connectivity index (χ1) is 6.33. The molecule has 4 N–H and O–H groups in total. The second-order valence-corrected chi connectivity index (χ2v) is 2.28. The second-order valence-electron chi connectivity index (χ2n) is 2.28. The molecule has 0 bridgehead atoms. The van der Waals surface area contributed by atoms with Crippen molar-refractivity contribution < 1.29 is 5.11 Å². The van der Waals surface area contributed by atoms with E-state index in [0.29, 0.717) is 6.54 Å². The van der Waals surface area contributed by atoms with Crippen LogP contribution >= 0.6 is 0 Å². The molecule has 0 unspecified atom stereocenters. The summed E-state index contributed by atoms with van der Waals surface area (Å²) >= 11 is 1.31. The van der Waals surface area contributed by atoms with E-state index in [1.165, 1.54) is 25.8 Å². The number of benzene rings is 1. The number of hydrogen-bond acceptors (Lipinski definition) is 3. The average molecular weight is 374 g/mol. The van der Waals surface area contributed by atoms with E-state index in [1.807, 2.05) is 24.3 Å². The van der Waals surface area contributed by atoms with Gasteiger partial charge in [0.05, 0.1) is 6.61 Å². The molecule has 0 atom stereocenters. The molecular formula is C9H15N2OPb. The first kappa shape index (κ1) is 12.7. The number of hydrogen-bond donors (Lipinski definition) is 3. The van der Waals surface area contributed by atoms with Gasteiger partial charge in [-0.05, 0) is 18.2 Å². The molecule has 0 aliphatic rings.